The van der Waals surface area contributed by atoms with E-state index >= 15 is 0 Å². The second kappa shape index (κ2) is 7.00. The molecule has 0 atom stereocenters. The average molecular weight is 150 g/mol. The van der Waals surface area contributed by atoms with Crippen LogP contribution in [0.15, 0.2) is 36.5 Å². The topological polar surface area (TPSA) is 17.1 Å². The molecule has 11 heavy (non-hydrogen) atoms. The van der Waals surface area contributed by atoms with Gasteiger partial charge in [-0.25, -0.2) is 0 Å². The molecule has 0 rings (SSSR count). The van der Waals surface area contributed by atoms with Crippen molar-refractivity contribution < 1.29 is 4.79 Å². The van der Waals surface area contributed by atoms with E-state index in [0.29, 0.717) is 0 Å². The lowest BCUT2D eigenvalue weighted by molar-refractivity contribution is -0.110. The van der Waals surface area contributed by atoms with Crippen LogP contribution in [-0.4, -0.2) is 5.78 Å². The molecule has 0 bridgehead atoms. The number of carbonyl (C=O) groups is 1. The summed E-state index contributed by atoms with van der Waals surface area (Å²) in [5, 5.41) is 0. The van der Waals surface area contributed by atoms with E-state index < -0.39 is 0 Å². The van der Waals surface area contributed by atoms with Gasteiger partial charge in [0.2, 0.25) is 0 Å². The van der Waals surface area contributed by atoms with E-state index in [2.05, 4.69) is 6.92 Å². The highest BCUT2D eigenvalue weighted by molar-refractivity contribution is 5.99. The lowest BCUT2D eigenvalue weighted by Gasteiger charge is -1.78. The fourth-order valence-electron chi connectivity index (χ4n) is 0.585. The Hall–Kier alpha value is -1.11. The van der Waals surface area contributed by atoms with Gasteiger partial charge >= 0.3 is 0 Å². The lowest BCUT2D eigenvalue weighted by Crippen LogP contribution is -1.82. The highest BCUT2D eigenvalue weighted by Crippen LogP contribution is 1.84. The highest BCUT2D eigenvalue weighted by Gasteiger charge is 1.82. The maximum absolute atomic E-state index is 10.8. The third-order valence-corrected chi connectivity index (χ3v) is 1.07. The van der Waals surface area contributed by atoms with E-state index in [1.165, 1.54) is 6.08 Å². The van der Waals surface area contributed by atoms with Gasteiger partial charge in [0, 0.05) is 0 Å². The predicted octanol–water partition coefficient (Wildman–Crippen LogP) is 2.65. The molecule has 0 aliphatic carbocycles. The average Bonchev–Trinajstić information content (AvgIpc) is 1.99. The Bertz CT molecular complexity index is 185. The number of ketones is 1. The van der Waals surface area contributed by atoms with Crippen molar-refractivity contribution in [1.29, 1.82) is 0 Å². The van der Waals surface area contributed by atoms with Gasteiger partial charge in [0.15, 0.2) is 5.78 Å². The van der Waals surface area contributed by atoms with Gasteiger partial charge in [-0.2, -0.15) is 0 Å². The van der Waals surface area contributed by atoms with E-state index in [1.54, 1.807) is 18.2 Å². The standard InChI is InChI=1S/C10H14O/c1-3-5-6-7-9-10(11)8-4-2/h4-9H,3H2,1-2H3/b6-5+,8-4+,9-7+. The number of hydrogen-bond donors (Lipinski definition) is 0. The highest BCUT2D eigenvalue weighted by atomic mass is 16.1. The third kappa shape index (κ3) is 6.78. The second-order valence-electron chi connectivity index (χ2n) is 2.10. The summed E-state index contributed by atoms with van der Waals surface area (Å²) in [5.41, 5.74) is 0. The van der Waals surface area contributed by atoms with Gasteiger partial charge < -0.3 is 0 Å². The molecule has 1 nitrogen and oxygen atoms in total. The molecular weight excluding hydrogens is 136 g/mol. The van der Waals surface area contributed by atoms with E-state index in [0.717, 1.165) is 6.42 Å². The molecular formula is C10H14O. The van der Waals surface area contributed by atoms with Crippen molar-refractivity contribution in [1.82, 2.24) is 0 Å². The first kappa shape index (κ1) is 9.89. The van der Waals surface area contributed by atoms with E-state index in [9.17, 15) is 4.79 Å². The Morgan fingerprint density at radius 2 is 2.00 bits per heavy atom. The first-order valence-corrected chi connectivity index (χ1v) is 3.81. The van der Waals surface area contributed by atoms with Crippen LogP contribution in [0, 0.1) is 0 Å². The zero-order valence-corrected chi connectivity index (χ0v) is 7.08. The maximum Gasteiger partial charge on any atom is 0.178 e. The van der Waals surface area contributed by atoms with Gasteiger partial charge in [0.25, 0.3) is 0 Å². The van der Waals surface area contributed by atoms with Crippen molar-refractivity contribution >= 4 is 5.78 Å². The zero-order valence-electron chi connectivity index (χ0n) is 7.08. The molecule has 0 spiro atoms. The third-order valence-electron chi connectivity index (χ3n) is 1.07. The Morgan fingerprint density at radius 1 is 1.27 bits per heavy atom. The summed E-state index contributed by atoms with van der Waals surface area (Å²) in [6.45, 7) is 3.88. The van der Waals surface area contributed by atoms with Crippen molar-refractivity contribution in [2.45, 2.75) is 20.3 Å². The number of allylic oxidation sites excluding steroid dienone is 6. The molecule has 0 aliphatic heterocycles. The Morgan fingerprint density at radius 3 is 2.55 bits per heavy atom. The molecule has 0 aromatic heterocycles. The van der Waals surface area contributed by atoms with Crippen LogP contribution in [0.25, 0.3) is 0 Å². The first-order chi connectivity index (χ1) is 5.31. The monoisotopic (exact) mass is 150 g/mol. The fraction of sp³-hybridized carbons (Fsp3) is 0.300. The second-order valence-corrected chi connectivity index (χ2v) is 2.10. The van der Waals surface area contributed by atoms with Gasteiger partial charge in [0.1, 0.15) is 0 Å². The predicted molar refractivity (Wildman–Crippen MR) is 48.4 cm³/mol. The number of carbonyl (C=O) groups excluding carboxylic acids is 1. The van der Waals surface area contributed by atoms with E-state index in [-0.39, 0.29) is 5.78 Å². The van der Waals surface area contributed by atoms with Gasteiger partial charge in [-0.1, -0.05) is 31.2 Å². The number of hydrogen-bond acceptors (Lipinski definition) is 1. The maximum atomic E-state index is 10.8. The molecule has 0 fully saturated rings. The Labute approximate surface area is 68.1 Å². The Balaban J connectivity index is 3.74. The zero-order chi connectivity index (χ0) is 8.53. The van der Waals surface area contributed by atoms with Crippen LogP contribution in [-0.2, 0) is 4.79 Å². The minimum atomic E-state index is 0.0354. The van der Waals surface area contributed by atoms with Gasteiger partial charge in [-0.3, -0.25) is 4.79 Å². The smallest absolute Gasteiger partial charge is 0.178 e. The molecule has 0 saturated heterocycles. The van der Waals surface area contributed by atoms with Crippen LogP contribution in [0.5, 0.6) is 0 Å². The van der Waals surface area contributed by atoms with Crippen LogP contribution in [0.3, 0.4) is 0 Å². The van der Waals surface area contributed by atoms with Crippen molar-refractivity contribution in [3.8, 4) is 0 Å². The fourth-order valence-corrected chi connectivity index (χ4v) is 0.585. The first-order valence-electron chi connectivity index (χ1n) is 3.81. The summed E-state index contributed by atoms with van der Waals surface area (Å²) in [7, 11) is 0. The minimum absolute atomic E-state index is 0.0354. The normalized spacial score (nSPS) is 12.2. The Kier molecular flexibility index (Phi) is 6.30. The van der Waals surface area contributed by atoms with Crippen LogP contribution < -0.4 is 0 Å². The van der Waals surface area contributed by atoms with Crippen molar-refractivity contribution in [2.24, 2.45) is 0 Å². The summed E-state index contributed by atoms with van der Waals surface area (Å²) in [6.07, 6.45) is 11.5. The van der Waals surface area contributed by atoms with Crippen molar-refractivity contribution in [2.75, 3.05) is 0 Å². The molecule has 0 saturated carbocycles. The van der Waals surface area contributed by atoms with Gasteiger partial charge in [-0.15, -0.1) is 0 Å². The van der Waals surface area contributed by atoms with Crippen LogP contribution >= 0.6 is 0 Å². The SMILES string of the molecule is C/C=C/C(=O)/C=C/C=C/CC. The summed E-state index contributed by atoms with van der Waals surface area (Å²) in [6, 6.07) is 0. The molecule has 60 valence electrons. The van der Waals surface area contributed by atoms with Gasteiger partial charge in [0.05, 0.1) is 0 Å². The van der Waals surface area contributed by atoms with Crippen LogP contribution in [0.2, 0.25) is 0 Å². The molecule has 0 amide bonds. The molecule has 0 N–H and O–H groups in total. The van der Waals surface area contributed by atoms with Crippen molar-refractivity contribution in [3.63, 3.8) is 0 Å². The summed E-state index contributed by atoms with van der Waals surface area (Å²) in [4.78, 5) is 10.8. The molecule has 0 heterocycles. The van der Waals surface area contributed by atoms with Crippen molar-refractivity contribution in [3.05, 3.63) is 36.5 Å². The van der Waals surface area contributed by atoms with Crippen LogP contribution in [0.4, 0.5) is 0 Å². The number of rotatable bonds is 4. The van der Waals surface area contributed by atoms with E-state index in [4.69, 9.17) is 0 Å². The molecule has 1 heteroatoms. The summed E-state index contributed by atoms with van der Waals surface area (Å²) in [5.74, 6) is 0.0354. The van der Waals surface area contributed by atoms with Crippen LogP contribution in [0.1, 0.15) is 20.3 Å². The molecule has 0 aromatic rings. The molecule has 0 aliphatic rings. The van der Waals surface area contributed by atoms with E-state index in [1.807, 2.05) is 19.1 Å². The quantitative estimate of drug-likeness (QED) is 0.445. The lowest BCUT2D eigenvalue weighted by atomic mass is 10.3. The summed E-state index contributed by atoms with van der Waals surface area (Å²) >= 11 is 0. The van der Waals surface area contributed by atoms with Gasteiger partial charge in [-0.05, 0) is 25.5 Å². The minimum Gasteiger partial charge on any atom is -0.290 e. The molecule has 0 unspecified atom stereocenters. The molecule has 0 radical (unpaired) electrons. The molecule has 0 aromatic carbocycles. The summed E-state index contributed by atoms with van der Waals surface area (Å²) < 4.78 is 0. The largest absolute Gasteiger partial charge is 0.290 e.